The number of fused-ring (bicyclic) bond motifs is 1. The average molecular weight is 205 g/mol. The molecule has 0 amide bonds. The highest BCUT2D eigenvalue weighted by atomic mass is 16.1. The minimum atomic E-state index is -0.0429. The number of nitrogens with zero attached hydrogens (tertiary/aromatic N) is 2. The summed E-state index contributed by atoms with van der Waals surface area (Å²) < 4.78 is 1.75. The second kappa shape index (κ2) is 3.88. The molecule has 0 aliphatic heterocycles. The predicted molar refractivity (Wildman–Crippen MR) is 59.8 cm³/mol. The van der Waals surface area contributed by atoms with E-state index in [-0.39, 0.29) is 5.69 Å². The number of aromatic nitrogens is 3. The second-order valence-electron chi connectivity index (χ2n) is 4.16. The fourth-order valence-corrected chi connectivity index (χ4v) is 1.61. The molecule has 4 heteroatoms. The van der Waals surface area contributed by atoms with E-state index in [1.165, 1.54) is 0 Å². The molecule has 2 rings (SSSR count). The topological polar surface area (TPSA) is 50.7 Å². The molecule has 0 bridgehead atoms. The van der Waals surface area contributed by atoms with Crippen LogP contribution in [0.3, 0.4) is 0 Å². The van der Waals surface area contributed by atoms with Crippen molar-refractivity contribution >= 4 is 11.0 Å². The number of rotatable bonds is 3. The van der Waals surface area contributed by atoms with Crippen LogP contribution in [-0.2, 0) is 6.54 Å². The lowest BCUT2D eigenvalue weighted by Crippen LogP contribution is -2.17. The Hall–Kier alpha value is -1.58. The van der Waals surface area contributed by atoms with Gasteiger partial charge >= 0.3 is 5.69 Å². The molecule has 80 valence electrons. The third kappa shape index (κ3) is 1.93. The van der Waals surface area contributed by atoms with E-state index in [4.69, 9.17) is 0 Å². The van der Waals surface area contributed by atoms with Crippen LogP contribution >= 0.6 is 0 Å². The van der Waals surface area contributed by atoms with Gasteiger partial charge in [-0.3, -0.25) is 9.55 Å². The zero-order valence-corrected chi connectivity index (χ0v) is 9.03. The van der Waals surface area contributed by atoms with Crippen molar-refractivity contribution in [2.24, 2.45) is 5.92 Å². The second-order valence-corrected chi connectivity index (χ2v) is 4.16. The Morgan fingerprint density at radius 3 is 3.07 bits per heavy atom. The first-order chi connectivity index (χ1) is 7.18. The fraction of sp³-hybridized carbons (Fsp3) is 0.455. The van der Waals surface area contributed by atoms with Gasteiger partial charge in [0.25, 0.3) is 0 Å². The van der Waals surface area contributed by atoms with Crippen molar-refractivity contribution in [3.8, 4) is 0 Å². The van der Waals surface area contributed by atoms with Crippen molar-refractivity contribution in [3.05, 3.63) is 28.9 Å². The summed E-state index contributed by atoms with van der Waals surface area (Å²) >= 11 is 0. The maximum Gasteiger partial charge on any atom is 0.326 e. The number of hydrogen-bond acceptors (Lipinski definition) is 2. The zero-order chi connectivity index (χ0) is 10.8. The van der Waals surface area contributed by atoms with Gasteiger partial charge in [-0.2, -0.15) is 0 Å². The number of imidazole rings is 1. The molecule has 15 heavy (non-hydrogen) atoms. The van der Waals surface area contributed by atoms with Gasteiger partial charge in [-0.05, 0) is 18.4 Å². The van der Waals surface area contributed by atoms with Crippen LogP contribution in [0.15, 0.2) is 23.3 Å². The summed E-state index contributed by atoms with van der Waals surface area (Å²) in [7, 11) is 0. The highest BCUT2D eigenvalue weighted by molar-refractivity contribution is 5.73. The summed E-state index contributed by atoms with van der Waals surface area (Å²) in [5, 5.41) is 0. The summed E-state index contributed by atoms with van der Waals surface area (Å²) in [6.07, 6.45) is 4.42. The molecule has 0 atom stereocenters. The number of H-pyrrole nitrogens is 1. The monoisotopic (exact) mass is 205 g/mol. The van der Waals surface area contributed by atoms with E-state index >= 15 is 0 Å². The number of hydrogen-bond donors (Lipinski definition) is 1. The quantitative estimate of drug-likeness (QED) is 0.830. The number of aromatic amines is 1. The Kier molecular flexibility index (Phi) is 2.58. The van der Waals surface area contributed by atoms with E-state index in [1.807, 2.05) is 6.07 Å². The van der Waals surface area contributed by atoms with Gasteiger partial charge in [0.1, 0.15) is 0 Å². The Morgan fingerprint density at radius 2 is 2.33 bits per heavy atom. The molecule has 4 nitrogen and oxygen atoms in total. The molecule has 2 aromatic rings. The Bertz CT molecular complexity index is 510. The molecule has 2 heterocycles. The lowest BCUT2D eigenvalue weighted by Gasteiger charge is -2.05. The smallest absolute Gasteiger partial charge is 0.305 e. The first kappa shape index (κ1) is 9.96. The minimum Gasteiger partial charge on any atom is -0.305 e. The van der Waals surface area contributed by atoms with Crippen LogP contribution in [0, 0.1) is 5.92 Å². The van der Waals surface area contributed by atoms with Gasteiger partial charge in [-0.15, -0.1) is 0 Å². The van der Waals surface area contributed by atoms with Crippen molar-refractivity contribution in [2.75, 3.05) is 0 Å². The van der Waals surface area contributed by atoms with Gasteiger partial charge in [0, 0.05) is 12.7 Å². The van der Waals surface area contributed by atoms with Crippen LogP contribution in [0.2, 0.25) is 0 Å². The van der Waals surface area contributed by atoms with Crippen molar-refractivity contribution in [2.45, 2.75) is 26.8 Å². The molecule has 0 aliphatic rings. The largest absolute Gasteiger partial charge is 0.326 e. The average Bonchev–Trinajstić information content (AvgIpc) is 2.50. The Morgan fingerprint density at radius 1 is 1.53 bits per heavy atom. The molecule has 0 spiro atoms. The molecule has 1 N–H and O–H groups in total. The van der Waals surface area contributed by atoms with Gasteiger partial charge in [-0.25, -0.2) is 4.79 Å². The highest BCUT2D eigenvalue weighted by Gasteiger charge is 2.06. The van der Waals surface area contributed by atoms with Gasteiger partial charge in [0.2, 0.25) is 0 Å². The molecule has 0 radical (unpaired) electrons. The van der Waals surface area contributed by atoms with Crippen molar-refractivity contribution in [1.82, 2.24) is 14.5 Å². The predicted octanol–water partition coefficient (Wildman–Crippen LogP) is 1.77. The number of nitrogens with one attached hydrogen (secondary N) is 1. The third-order valence-electron chi connectivity index (χ3n) is 2.51. The van der Waals surface area contributed by atoms with Gasteiger partial charge < -0.3 is 4.98 Å². The summed E-state index contributed by atoms with van der Waals surface area (Å²) in [6.45, 7) is 5.05. The van der Waals surface area contributed by atoms with Crippen LogP contribution in [-0.4, -0.2) is 14.5 Å². The zero-order valence-electron chi connectivity index (χ0n) is 9.03. The molecule has 0 saturated carbocycles. The van der Waals surface area contributed by atoms with E-state index in [9.17, 15) is 4.79 Å². The SMILES string of the molecule is CC(C)CCn1c(=O)[nH]c2ccncc21. The molecule has 0 fully saturated rings. The third-order valence-corrected chi connectivity index (χ3v) is 2.51. The number of aryl methyl sites for hydroxylation is 1. The lowest BCUT2D eigenvalue weighted by atomic mass is 10.1. The number of pyridine rings is 1. The highest BCUT2D eigenvalue weighted by Crippen LogP contribution is 2.09. The van der Waals surface area contributed by atoms with Crippen LogP contribution < -0.4 is 5.69 Å². The molecular weight excluding hydrogens is 190 g/mol. The first-order valence-corrected chi connectivity index (χ1v) is 5.21. The van der Waals surface area contributed by atoms with Crippen molar-refractivity contribution in [3.63, 3.8) is 0 Å². The fourth-order valence-electron chi connectivity index (χ4n) is 1.61. The summed E-state index contributed by atoms with van der Waals surface area (Å²) in [4.78, 5) is 18.5. The van der Waals surface area contributed by atoms with E-state index in [0.717, 1.165) is 24.0 Å². The van der Waals surface area contributed by atoms with Gasteiger partial charge in [-0.1, -0.05) is 13.8 Å². The van der Waals surface area contributed by atoms with Crippen molar-refractivity contribution < 1.29 is 0 Å². The summed E-state index contributed by atoms with van der Waals surface area (Å²) in [5.41, 5.74) is 1.71. The summed E-state index contributed by atoms with van der Waals surface area (Å²) in [6, 6.07) is 1.82. The van der Waals surface area contributed by atoms with Gasteiger partial charge in [0.05, 0.1) is 17.2 Å². The van der Waals surface area contributed by atoms with E-state index < -0.39 is 0 Å². The maximum absolute atomic E-state index is 11.6. The van der Waals surface area contributed by atoms with Crippen LogP contribution in [0.5, 0.6) is 0 Å². The molecule has 0 aliphatic carbocycles. The first-order valence-electron chi connectivity index (χ1n) is 5.21. The normalized spacial score (nSPS) is 11.4. The van der Waals surface area contributed by atoms with E-state index in [1.54, 1.807) is 17.0 Å². The van der Waals surface area contributed by atoms with Crippen LogP contribution in [0.25, 0.3) is 11.0 Å². The van der Waals surface area contributed by atoms with Crippen LogP contribution in [0.4, 0.5) is 0 Å². The molecule has 0 saturated heterocycles. The molecular formula is C11H15N3O. The molecule has 0 unspecified atom stereocenters. The maximum atomic E-state index is 11.6. The van der Waals surface area contributed by atoms with E-state index in [2.05, 4.69) is 23.8 Å². The van der Waals surface area contributed by atoms with E-state index in [0.29, 0.717) is 5.92 Å². The Balaban J connectivity index is 2.41. The molecule has 2 aromatic heterocycles. The minimum absolute atomic E-state index is 0.0429. The Labute approximate surface area is 88.0 Å². The molecule has 0 aromatic carbocycles. The van der Waals surface area contributed by atoms with Crippen LogP contribution in [0.1, 0.15) is 20.3 Å². The summed E-state index contributed by atoms with van der Waals surface area (Å²) in [5.74, 6) is 0.596. The lowest BCUT2D eigenvalue weighted by molar-refractivity contribution is 0.516. The standard InChI is InChI=1S/C11H15N3O/c1-8(2)4-6-14-10-7-12-5-3-9(10)13-11(14)15/h3,5,7-8H,4,6H2,1-2H3,(H,13,15). The van der Waals surface area contributed by atoms with Crippen molar-refractivity contribution in [1.29, 1.82) is 0 Å². The van der Waals surface area contributed by atoms with Gasteiger partial charge in [0.15, 0.2) is 0 Å².